The average molecular weight is 485 g/mol. The Hall–Kier alpha value is -4.46. The van der Waals surface area contributed by atoms with Gasteiger partial charge in [-0.2, -0.15) is 4.98 Å². The van der Waals surface area contributed by atoms with Crippen molar-refractivity contribution in [1.82, 2.24) is 15.5 Å². The lowest BCUT2D eigenvalue weighted by Gasteiger charge is -2.35. The molecule has 2 heterocycles. The Bertz CT molecular complexity index is 1430. The van der Waals surface area contributed by atoms with Crippen LogP contribution in [0.1, 0.15) is 36.9 Å². The van der Waals surface area contributed by atoms with Gasteiger partial charge in [0, 0.05) is 17.3 Å². The predicted octanol–water partition coefficient (Wildman–Crippen LogP) is 6.15. The minimum Gasteiger partial charge on any atom is -0.497 e. The normalized spacial score (nSPS) is 15.7. The number of nitrogens with zero attached hydrogens (tertiary/aromatic N) is 3. The lowest BCUT2D eigenvalue weighted by atomic mass is 9.93. The van der Waals surface area contributed by atoms with Gasteiger partial charge in [-0.3, -0.25) is 4.90 Å². The van der Waals surface area contributed by atoms with Crippen LogP contribution in [0.4, 0.5) is 14.9 Å². The molecule has 1 unspecified atom stereocenters. The van der Waals surface area contributed by atoms with Crippen molar-refractivity contribution in [3.05, 3.63) is 101 Å². The molecular formula is C28H25FN4O3. The number of amides is 2. The molecule has 3 aromatic carbocycles. The minimum absolute atomic E-state index is 0.268. The van der Waals surface area contributed by atoms with Crippen LogP contribution in [0.2, 0.25) is 0 Å². The summed E-state index contributed by atoms with van der Waals surface area (Å²) in [5.74, 6) is 0.878. The van der Waals surface area contributed by atoms with Crippen LogP contribution in [0.5, 0.6) is 5.75 Å². The summed E-state index contributed by atoms with van der Waals surface area (Å²) in [6.45, 7) is 3.94. The lowest BCUT2D eigenvalue weighted by molar-refractivity contribution is 0.244. The van der Waals surface area contributed by atoms with Gasteiger partial charge in [0.15, 0.2) is 0 Å². The van der Waals surface area contributed by atoms with Crippen LogP contribution in [0.15, 0.2) is 83.0 Å². The monoisotopic (exact) mass is 484 g/mol. The number of methoxy groups -OCH3 is 1. The molecule has 1 atom stereocenters. The van der Waals surface area contributed by atoms with Crippen molar-refractivity contribution < 1.29 is 18.4 Å². The number of anilines is 1. The first-order valence-electron chi connectivity index (χ1n) is 11.6. The van der Waals surface area contributed by atoms with E-state index in [0.29, 0.717) is 34.1 Å². The van der Waals surface area contributed by atoms with Gasteiger partial charge in [0.2, 0.25) is 5.82 Å². The third kappa shape index (κ3) is 4.33. The van der Waals surface area contributed by atoms with Crippen molar-refractivity contribution in [3.8, 4) is 17.1 Å². The van der Waals surface area contributed by atoms with Gasteiger partial charge in [-0.05, 0) is 60.9 Å². The molecule has 4 aromatic rings. The van der Waals surface area contributed by atoms with E-state index in [-0.39, 0.29) is 17.7 Å². The number of halogens is 1. The molecule has 0 saturated heterocycles. The molecule has 7 nitrogen and oxygen atoms in total. The van der Waals surface area contributed by atoms with Gasteiger partial charge >= 0.3 is 6.03 Å². The Kier molecular flexibility index (Phi) is 6.25. The van der Waals surface area contributed by atoms with Crippen molar-refractivity contribution in [2.75, 3.05) is 12.0 Å². The SMILES string of the molecule is CCc1ccc(C2NC(=O)N(c3cccc(OC)c3)C(C)=C2c2nc(-c3ccc(F)cc3)no2)cc1. The number of allylic oxidation sites excluding steroid dienone is 1. The number of ether oxygens (including phenoxy) is 1. The molecule has 2 amide bonds. The summed E-state index contributed by atoms with van der Waals surface area (Å²) in [5.41, 5.74) is 4.66. The number of carbonyl (C=O) groups excluding carboxylic acids is 1. The maximum atomic E-state index is 13.4. The van der Waals surface area contributed by atoms with E-state index in [2.05, 4.69) is 22.4 Å². The smallest absolute Gasteiger partial charge is 0.327 e. The fourth-order valence-electron chi connectivity index (χ4n) is 4.33. The summed E-state index contributed by atoms with van der Waals surface area (Å²) >= 11 is 0. The summed E-state index contributed by atoms with van der Waals surface area (Å²) in [5, 5.41) is 7.23. The number of aromatic nitrogens is 2. The maximum absolute atomic E-state index is 13.4. The van der Waals surface area contributed by atoms with E-state index in [1.165, 1.54) is 17.7 Å². The number of aryl methyl sites for hydroxylation is 1. The van der Waals surface area contributed by atoms with E-state index in [1.54, 1.807) is 30.2 Å². The van der Waals surface area contributed by atoms with Crippen molar-refractivity contribution in [2.24, 2.45) is 0 Å². The zero-order valence-electron chi connectivity index (χ0n) is 20.2. The molecule has 0 aliphatic carbocycles. The van der Waals surface area contributed by atoms with Crippen molar-refractivity contribution in [1.29, 1.82) is 0 Å². The topological polar surface area (TPSA) is 80.5 Å². The fraction of sp³-hybridized carbons (Fsp3) is 0.179. The maximum Gasteiger partial charge on any atom is 0.327 e. The molecule has 1 aromatic heterocycles. The van der Waals surface area contributed by atoms with Crippen LogP contribution in [0.25, 0.3) is 17.0 Å². The van der Waals surface area contributed by atoms with Crippen LogP contribution in [-0.2, 0) is 6.42 Å². The van der Waals surface area contributed by atoms with Crippen molar-refractivity contribution in [3.63, 3.8) is 0 Å². The summed E-state index contributed by atoms with van der Waals surface area (Å²) in [7, 11) is 1.58. The predicted molar refractivity (Wildman–Crippen MR) is 135 cm³/mol. The van der Waals surface area contributed by atoms with E-state index < -0.39 is 6.04 Å². The highest BCUT2D eigenvalue weighted by molar-refractivity contribution is 6.01. The molecule has 1 N–H and O–H groups in total. The summed E-state index contributed by atoms with van der Waals surface area (Å²) in [6, 6.07) is 20.4. The second-order valence-corrected chi connectivity index (χ2v) is 8.44. The van der Waals surface area contributed by atoms with E-state index in [0.717, 1.165) is 12.0 Å². The number of nitrogens with one attached hydrogen (secondary N) is 1. The second-order valence-electron chi connectivity index (χ2n) is 8.44. The second kappa shape index (κ2) is 9.65. The van der Waals surface area contributed by atoms with Crippen LogP contribution >= 0.6 is 0 Å². The zero-order chi connectivity index (χ0) is 25.2. The first-order chi connectivity index (χ1) is 17.5. The number of carbonyl (C=O) groups is 1. The van der Waals surface area contributed by atoms with E-state index in [4.69, 9.17) is 9.26 Å². The first-order valence-corrected chi connectivity index (χ1v) is 11.6. The van der Waals surface area contributed by atoms with Gasteiger partial charge in [-0.15, -0.1) is 0 Å². The molecule has 0 bridgehead atoms. The van der Waals surface area contributed by atoms with Crippen molar-refractivity contribution in [2.45, 2.75) is 26.3 Å². The molecule has 182 valence electrons. The highest BCUT2D eigenvalue weighted by Crippen LogP contribution is 2.39. The van der Waals surface area contributed by atoms with E-state index >= 15 is 0 Å². The molecule has 36 heavy (non-hydrogen) atoms. The van der Waals surface area contributed by atoms with Gasteiger partial charge in [-0.25, -0.2) is 9.18 Å². The third-order valence-corrected chi connectivity index (χ3v) is 6.28. The molecule has 0 saturated carbocycles. The molecule has 1 aliphatic rings. The van der Waals surface area contributed by atoms with Gasteiger partial charge in [0.25, 0.3) is 5.89 Å². The van der Waals surface area contributed by atoms with Gasteiger partial charge in [-0.1, -0.05) is 42.4 Å². The van der Waals surface area contributed by atoms with Crippen LogP contribution in [0, 0.1) is 5.82 Å². The average Bonchev–Trinajstić information content (AvgIpc) is 3.38. The molecule has 0 fully saturated rings. The lowest BCUT2D eigenvalue weighted by Crippen LogP contribution is -2.46. The molecule has 1 aliphatic heterocycles. The van der Waals surface area contributed by atoms with Crippen molar-refractivity contribution >= 4 is 17.3 Å². The summed E-state index contributed by atoms with van der Waals surface area (Å²) in [6.07, 6.45) is 0.910. The number of hydrogen-bond acceptors (Lipinski definition) is 5. The Morgan fingerprint density at radius 3 is 2.53 bits per heavy atom. The van der Waals surface area contributed by atoms with Crippen LogP contribution in [0.3, 0.4) is 0 Å². The molecule has 8 heteroatoms. The highest BCUT2D eigenvalue weighted by atomic mass is 19.1. The van der Waals surface area contributed by atoms with Crippen LogP contribution < -0.4 is 15.0 Å². The zero-order valence-corrected chi connectivity index (χ0v) is 20.2. The van der Waals surface area contributed by atoms with Gasteiger partial charge in [0.1, 0.15) is 11.6 Å². The quantitative estimate of drug-likeness (QED) is 0.355. The Labute approximate surface area is 208 Å². The summed E-state index contributed by atoms with van der Waals surface area (Å²) < 4.78 is 24.5. The van der Waals surface area contributed by atoms with Crippen LogP contribution in [-0.4, -0.2) is 23.3 Å². The molecule has 0 spiro atoms. The number of hydrogen-bond donors (Lipinski definition) is 1. The number of urea groups is 1. The Morgan fingerprint density at radius 1 is 1.08 bits per heavy atom. The Morgan fingerprint density at radius 2 is 1.83 bits per heavy atom. The molecule has 5 rings (SSSR count). The Balaban J connectivity index is 1.64. The summed E-state index contributed by atoms with van der Waals surface area (Å²) in [4.78, 5) is 19.6. The first kappa shape index (κ1) is 23.3. The van der Waals surface area contributed by atoms with E-state index in [1.807, 2.05) is 49.4 Å². The molecule has 0 radical (unpaired) electrons. The van der Waals surface area contributed by atoms with Gasteiger partial charge < -0.3 is 14.6 Å². The standard InChI is InChI=1S/C28H25FN4O3/c1-4-18-8-10-19(11-9-18)25-24(27-31-26(32-36-27)20-12-14-21(29)15-13-20)17(2)33(28(34)30-25)22-6-5-7-23(16-22)35-3/h5-16,25H,4H2,1-3H3,(H,30,34). The number of benzene rings is 3. The number of rotatable bonds is 6. The third-order valence-electron chi connectivity index (χ3n) is 6.28. The highest BCUT2D eigenvalue weighted by Gasteiger charge is 2.36. The van der Waals surface area contributed by atoms with Gasteiger partial charge in [0.05, 0.1) is 24.4 Å². The van der Waals surface area contributed by atoms with E-state index in [9.17, 15) is 9.18 Å². The molecular weight excluding hydrogens is 459 g/mol. The minimum atomic E-state index is -0.508. The fourth-order valence-corrected chi connectivity index (χ4v) is 4.33. The largest absolute Gasteiger partial charge is 0.497 e.